The summed E-state index contributed by atoms with van der Waals surface area (Å²) in [6.45, 7) is 3.27. The first-order valence-electron chi connectivity index (χ1n) is 3.77. The van der Waals surface area contributed by atoms with Gasteiger partial charge in [-0.05, 0) is 31.5 Å². The zero-order valence-corrected chi connectivity index (χ0v) is 8.14. The average Bonchev–Trinajstić information content (AvgIpc) is 2.03. The number of nitriles is 1. The Balaban J connectivity index is 3.41. The van der Waals surface area contributed by atoms with Crippen molar-refractivity contribution in [1.82, 2.24) is 0 Å². The Labute approximate surface area is 81.7 Å². The highest BCUT2D eigenvalue weighted by Gasteiger charge is 2.08. The van der Waals surface area contributed by atoms with Gasteiger partial charge in [0, 0.05) is 5.56 Å². The van der Waals surface area contributed by atoms with Crippen LogP contribution in [-0.4, -0.2) is 5.78 Å². The predicted octanol–water partition coefficient (Wildman–Crippen LogP) is 2.72. The Morgan fingerprint density at radius 3 is 2.62 bits per heavy atom. The number of carbonyl (C=O) groups excluding carboxylic acids is 1. The highest BCUT2D eigenvalue weighted by molar-refractivity contribution is 6.32. The molecule has 1 aromatic rings. The molecule has 0 saturated carbocycles. The predicted molar refractivity (Wildman–Crippen MR) is 50.9 cm³/mol. The van der Waals surface area contributed by atoms with Gasteiger partial charge < -0.3 is 0 Å². The van der Waals surface area contributed by atoms with E-state index < -0.39 is 0 Å². The fourth-order valence-electron chi connectivity index (χ4n) is 1.14. The molecule has 0 aliphatic heterocycles. The van der Waals surface area contributed by atoms with E-state index in [0.717, 1.165) is 5.56 Å². The number of hydrogen-bond acceptors (Lipinski definition) is 2. The van der Waals surface area contributed by atoms with Crippen LogP contribution >= 0.6 is 11.6 Å². The second kappa shape index (κ2) is 3.59. The van der Waals surface area contributed by atoms with Gasteiger partial charge in [0.05, 0.1) is 10.6 Å². The van der Waals surface area contributed by atoms with Crippen molar-refractivity contribution in [3.05, 3.63) is 33.8 Å². The summed E-state index contributed by atoms with van der Waals surface area (Å²) in [7, 11) is 0. The monoisotopic (exact) mass is 193 g/mol. The fraction of sp³-hybridized carbons (Fsp3) is 0.200. The molecule has 1 rings (SSSR count). The topological polar surface area (TPSA) is 40.9 Å². The van der Waals surface area contributed by atoms with E-state index in [2.05, 4.69) is 0 Å². The lowest BCUT2D eigenvalue weighted by molar-refractivity contribution is 0.101. The maximum Gasteiger partial charge on any atom is 0.160 e. The molecule has 0 atom stereocenters. The number of nitrogens with zero attached hydrogens (tertiary/aromatic N) is 1. The molecule has 3 heteroatoms. The molecule has 0 N–H and O–H groups in total. The van der Waals surface area contributed by atoms with Crippen molar-refractivity contribution in [3.8, 4) is 6.07 Å². The summed E-state index contributed by atoms with van der Waals surface area (Å²) in [6.07, 6.45) is 0. The third-order valence-corrected chi connectivity index (χ3v) is 2.13. The van der Waals surface area contributed by atoms with E-state index in [0.29, 0.717) is 16.1 Å². The quantitative estimate of drug-likeness (QED) is 0.644. The lowest BCUT2D eigenvalue weighted by atomic mass is 10.0. The van der Waals surface area contributed by atoms with Crippen LogP contribution in [0.5, 0.6) is 0 Å². The molecule has 0 heterocycles. The molecule has 0 aliphatic rings. The zero-order valence-electron chi connectivity index (χ0n) is 7.39. The lowest BCUT2D eigenvalue weighted by Gasteiger charge is -2.03. The second-order valence-corrected chi connectivity index (χ2v) is 3.22. The van der Waals surface area contributed by atoms with Crippen LogP contribution in [0.3, 0.4) is 0 Å². The molecule has 2 nitrogen and oxygen atoms in total. The number of ketones is 1. The number of hydrogen-bond donors (Lipinski definition) is 0. The SMILES string of the molecule is CC(=O)c1cc(C#N)c(Cl)cc1C. The van der Waals surface area contributed by atoms with Crippen molar-refractivity contribution in [2.75, 3.05) is 0 Å². The Bertz CT molecular complexity index is 404. The normalized spacial score (nSPS) is 9.38. The van der Waals surface area contributed by atoms with Crippen LogP contribution in [0.2, 0.25) is 5.02 Å². The molecule has 13 heavy (non-hydrogen) atoms. The molecule has 0 spiro atoms. The average molecular weight is 194 g/mol. The molecule has 0 aromatic heterocycles. The van der Waals surface area contributed by atoms with Crippen molar-refractivity contribution >= 4 is 17.4 Å². The summed E-state index contributed by atoms with van der Waals surface area (Å²) in [6, 6.07) is 5.10. The summed E-state index contributed by atoms with van der Waals surface area (Å²) in [5.74, 6) is -0.0503. The summed E-state index contributed by atoms with van der Waals surface area (Å²) >= 11 is 5.77. The van der Waals surface area contributed by atoms with Gasteiger partial charge in [-0.25, -0.2) is 0 Å². The number of halogens is 1. The van der Waals surface area contributed by atoms with Gasteiger partial charge in [-0.3, -0.25) is 4.79 Å². The second-order valence-electron chi connectivity index (χ2n) is 2.81. The highest BCUT2D eigenvalue weighted by Crippen LogP contribution is 2.20. The standard InChI is InChI=1S/C10H8ClNO/c1-6-3-10(11)8(5-12)4-9(6)7(2)13/h3-4H,1-2H3. The third-order valence-electron chi connectivity index (χ3n) is 1.81. The van der Waals surface area contributed by atoms with E-state index in [1.165, 1.54) is 13.0 Å². The van der Waals surface area contributed by atoms with Gasteiger partial charge in [-0.2, -0.15) is 5.26 Å². The van der Waals surface area contributed by atoms with Gasteiger partial charge in [0.15, 0.2) is 5.78 Å². The van der Waals surface area contributed by atoms with E-state index in [1.807, 2.05) is 6.07 Å². The van der Waals surface area contributed by atoms with Crippen LogP contribution in [0.15, 0.2) is 12.1 Å². The Hall–Kier alpha value is -1.33. The summed E-state index contributed by atoms with van der Waals surface area (Å²) in [4.78, 5) is 11.1. The van der Waals surface area contributed by atoms with E-state index in [1.54, 1.807) is 13.0 Å². The number of rotatable bonds is 1. The van der Waals surface area contributed by atoms with Crippen LogP contribution in [-0.2, 0) is 0 Å². The molecule has 0 saturated heterocycles. The molecular weight excluding hydrogens is 186 g/mol. The van der Waals surface area contributed by atoms with Crippen molar-refractivity contribution in [3.63, 3.8) is 0 Å². The first-order chi connectivity index (χ1) is 6.06. The van der Waals surface area contributed by atoms with Gasteiger partial charge in [-0.15, -0.1) is 0 Å². The summed E-state index contributed by atoms with van der Waals surface area (Å²) in [5.41, 5.74) is 1.70. The van der Waals surface area contributed by atoms with Gasteiger partial charge >= 0.3 is 0 Å². The van der Waals surface area contributed by atoms with E-state index in [9.17, 15) is 4.79 Å². The molecule has 0 unspecified atom stereocenters. The Kier molecular flexibility index (Phi) is 2.69. The molecular formula is C10H8ClNO. The van der Waals surface area contributed by atoms with Crippen LogP contribution < -0.4 is 0 Å². The van der Waals surface area contributed by atoms with Crippen LogP contribution in [0, 0.1) is 18.3 Å². The summed E-state index contributed by atoms with van der Waals surface area (Å²) < 4.78 is 0. The van der Waals surface area contributed by atoms with Gasteiger partial charge in [0.1, 0.15) is 6.07 Å². The minimum Gasteiger partial charge on any atom is -0.295 e. The number of benzene rings is 1. The molecule has 66 valence electrons. The first-order valence-corrected chi connectivity index (χ1v) is 4.15. The maximum atomic E-state index is 11.1. The Morgan fingerprint density at radius 1 is 1.54 bits per heavy atom. The minimum absolute atomic E-state index is 0.0503. The third kappa shape index (κ3) is 1.88. The highest BCUT2D eigenvalue weighted by atomic mass is 35.5. The van der Waals surface area contributed by atoms with Crippen LogP contribution in [0.25, 0.3) is 0 Å². The summed E-state index contributed by atoms with van der Waals surface area (Å²) in [5, 5.41) is 9.06. The van der Waals surface area contributed by atoms with Crippen molar-refractivity contribution in [2.45, 2.75) is 13.8 Å². The fourth-order valence-corrected chi connectivity index (χ4v) is 1.40. The smallest absolute Gasteiger partial charge is 0.160 e. The van der Waals surface area contributed by atoms with Crippen molar-refractivity contribution < 1.29 is 4.79 Å². The van der Waals surface area contributed by atoms with Gasteiger partial charge in [0.2, 0.25) is 0 Å². The first kappa shape index (κ1) is 9.76. The van der Waals surface area contributed by atoms with Crippen molar-refractivity contribution in [1.29, 1.82) is 5.26 Å². The van der Waals surface area contributed by atoms with Crippen molar-refractivity contribution in [2.24, 2.45) is 0 Å². The largest absolute Gasteiger partial charge is 0.295 e. The molecule has 0 aliphatic carbocycles. The number of carbonyl (C=O) groups is 1. The molecule has 0 bridgehead atoms. The zero-order chi connectivity index (χ0) is 10.0. The van der Waals surface area contributed by atoms with E-state index in [4.69, 9.17) is 16.9 Å². The minimum atomic E-state index is -0.0503. The Morgan fingerprint density at radius 2 is 2.15 bits per heavy atom. The maximum absolute atomic E-state index is 11.1. The van der Waals surface area contributed by atoms with Gasteiger partial charge in [0.25, 0.3) is 0 Å². The molecule has 0 radical (unpaired) electrons. The van der Waals surface area contributed by atoms with E-state index >= 15 is 0 Å². The lowest BCUT2D eigenvalue weighted by Crippen LogP contribution is -1.97. The number of aryl methyl sites for hydroxylation is 1. The molecule has 1 aromatic carbocycles. The van der Waals surface area contributed by atoms with Gasteiger partial charge in [-0.1, -0.05) is 11.6 Å². The van der Waals surface area contributed by atoms with Crippen LogP contribution in [0.1, 0.15) is 28.4 Å². The van der Waals surface area contributed by atoms with E-state index in [-0.39, 0.29) is 5.78 Å². The molecule has 0 amide bonds. The van der Waals surface area contributed by atoms with Crippen LogP contribution in [0.4, 0.5) is 0 Å². The number of Topliss-reactive ketones (excluding diaryl/α,β-unsaturated/α-hetero) is 1. The molecule has 0 fully saturated rings.